The van der Waals surface area contributed by atoms with E-state index in [-0.39, 0.29) is 75.5 Å². The molecule has 451 valence electrons. The van der Waals surface area contributed by atoms with Gasteiger partial charge in [0, 0.05) is 64.7 Å². The first-order valence-electron chi connectivity index (χ1n) is 27.2. The van der Waals surface area contributed by atoms with Crippen molar-refractivity contribution in [1.29, 1.82) is 0 Å². The van der Waals surface area contributed by atoms with Crippen LogP contribution < -0.4 is 0 Å². The van der Waals surface area contributed by atoms with Crippen molar-refractivity contribution in [2.24, 2.45) is 9.98 Å². The molecule has 4 rings (SSSR count). The zero-order valence-electron chi connectivity index (χ0n) is 50.6. The van der Waals surface area contributed by atoms with Gasteiger partial charge in [-0.3, -0.25) is 9.98 Å². The Bertz CT molecular complexity index is 1960. The van der Waals surface area contributed by atoms with Crippen LogP contribution >= 0.6 is 0 Å². The number of carbonyl (C=O) groups is 2. The molecule has 2 aromatic rings. The normalized spacial score (nSPS) is 17.2. The minimum Gasteiger partial charge on any atom is -0.507 e. The summed E-state index contributed by atoms with van der Waals surface area (Å²) in [6.07, 6.45) is 11.0. The van der Waals surface area contributed by atoms with E-state index >= 15 is 0 Å². The standard InChI is InChI=1S/C36H54N2O2.C11H22O5.C7H16O2.C3H6O.C2H4O3.CO2.Co/c1-33(2,3)25-17-23(31(39)27(19-25)35(7,8)9)21-37-29-15-13-14-16-30(29)38-22-24-18-26(34(4,5)6)20-28(32(24)40)36(10,11)12;1-4-5-6-14-8-10(3)16-11(13)15-7-9(2)12;1-3-4-5-9-6-7(2)8;1-3-2-4-3;3-1-2(4)5;2-1-3;/h17-22,29-30,39-40H,13-16H2,1-12H3;9-10,12H,4-8H2,1-3H3;7-8H,3-6H2,1-2H3;3H,2H2,1H3;3H,1H2,(H,4,5);;. The van der Waals surface area contributed by atoms with E-state index in [1.807, 2.05) is 12.4 Å². The number of aliphatic hydroxyl groups excluding tert-OH is 3. The predicted octanol–water partition coefficient (Wildman–Crippen LogP) is 10.9. The summed E-state index contributed by atoms with van der Waals surface area (Å²) in [7, 11) is 0. The van der Waals surface area contributed by atoms with Gasteiger partial charge in [-0.1, -0.05) is 135 Å². The van der Waals surface area contributed by atoms with E-state index in [1.54, 1.807) is 13.8 Å². The van der Waals surface area contributed by atoms with Crippen LogP contribution in [0.15, 0.2) is 34.3 Å². The monoisotopic (exact) mass is 1150 g/mol. The maximum absolute atomic E-state index is 11.2. The predicted molar refractivity (Wildman–Crippen MR) is 304 cm³/mol. The smallest absolute Gasteiger partial charge is 0.507 e. The molecule has 1 aliphatic heterocycles. The summed E-state index contributed by atoms with van der Waals surface area (Å²) in [6.45, 7) is 39.7. The fourth-order valence-electron chi connectivity index (χ4n) is 6.82. The number of hydrogen-bond acceptors (Lipinski definition) is 16. The summed E-state index contributed by atoms with van der Waals surface area (Å²) in [4.78, 5) is 46.5. The van der Waals surface area contributed by atoms with Crippen LogP contribution in [0, 0.1) is 0 Å². The second-order valence-corrected chi connectivity index (χ2v) is 23.7. The van der Waals surface area contributed by atoms with Crippen molar-refractivity contribution < 1.29 is 90.3 Å². The van der Waals surface area contributed by atoms with Crippen molar-refractivity contribution >= 4 is 30.7 Å². The second-order valence-electron chi connectivity index (χ2n) is 23.7. The Labute approximate surface area is 478 Å². The molecule has 1 aliphatic carbocycles. The Hall–Kier alpha value is -4.23. The number of ether oxygens (including phenoxy) is 5. The van der Waals surface area contributed by atoms with E-state index in [4.69, 9.17) is 63.7 Å². The van der Waals surface area contributed by atoms with Gasteiger partial charge in [0.25, 0.3) is 0 Å². The SMILES string of the molecule is CC(C)(C)c1cc(C=NC2CCCCC2N=Cc2cc(C(C)(C)C)cc(C(C)(C)C)c2O)c(O)c(C(C)(C)C)c1.CC1CO1.CCCCOCC(C)O.CCCCOCC(C)OC(=O)OCC(C)O.O=C(O)CO.O=C=O.[Co]. The molecule has 2 aliphatic rings. The first kappa shape index (κ1) is 78.0. The fourth-order valence-corrected chi connectivity index (χ4v) is 6.82. The summed E-state index contributed by atoms with van der Waals surface area (Å²) in [5.41, 5.74) is 5.39. The van der Waals surface area contributed by atoms with E-state index in [2.05, 4.69) is 133 Å². The topological polar surface area (TPSA) is 264 Å². The van der Waals surface area contributed by atoms with Crippen LogP contribution in [0.3, 0.4) is 0 Å². The molecule has 6 unspecified atom stereocenters. The molecular weight excluding hydrogens is 1050 g/mol. The largest absolute Gasteiger partial charge is 0.508 e. The summed E-state index contributed by atoms with van der Waals surface area (Å²) in [6, 6.07) is 8.53. The van der Waals surface area contributed by atoms with Crippen molar-refractivity contribution in [3.63, 3.8) is 0 Å². The minimum atomic E-state index is -1.19. The number of aliphatic imine (C=N–C) groups is 2. The van der Waals surface area contributed by atoms with Crippen molar-refractivity contribution in [3.05, 3.63) is 57.6 Å². The van der Waals surface area contributed by atoms with Gasteiger partial charge in [0.15, 0.2) is 0 Å². The van der Waals surface area contributed by atoms with Crippen LogP contribution in [0.5, 0.6) is 11.5 Å². The molecule has 78 heavy (non-hydrogen) atoms. The zero-order chi connectivity index (χ0) is 59.7. The van der Waals surface area contributed by atoms with Gasteiger partial charge in [-0.2, -0.15) is 9.59 Å². The van der Waals surface area contributed by atoms with E-state index in [0.29, 0.717) is 37.4 Å². The van der Waals surface area contributed by atoms with E-state index in [9.17, 15) is 15.0 Å². The van der Waals surface area contributed by atoms with Crippen molar-refractivity contribution in [1.82, 2.24) is 0 Å². The number of aromatic hydroxyl groups is 2. The molecule has 0 aromatic heterocycles. The third-order valence-electron chi connectivity index (χ3n) is 11.5. The van der Waals surface area contributed by atoms with Gasteiger partial charge >= 0.3 is 18.3 Å². The molecule has 0 bridgehead atoms. The van der Waals surface area contributed by atoms with Crippen molar-refractivity contribution in [2.45, 2.75) is 234 Å². The van der Waals surface area contributed by atoms with Gasteiger partial charge in [0.05, 0.1) is 50.2 Å². The van der Waals surface area contributed by atoms with Crippen LogP contribution in [-0.2, 0) is 76.5 Å². The third-order valence-corrected chi connectivity index (χ3v) is 11.5. The molecule has 17 nitrogen and oxygen atoms in total. The number of phenols is 2. The average molecular weight is 1150 g/mol. The summed E-state index contributed by atoms with van der Waals surface area (Å²) < 4.78 is 24.6. The van der Waals surface area contributed by atoms with Gasteiger partial charge < -0.3 is 54.3 Å². The zero-order valence-corrected chi connectivity index (χ0v) is 51.7. The van der Waals surface area contributed by atoms with Crippen molar-refractivity contribution in [2.75, 3.05) is 46.2 Å². The minimum absolute atomic E-state index is 0. The number of carbonyl (C=O) groups excluding carboxylic acids is 3. The number of epoxide rings is 1. The maximum Gasteiger partial charge on any atom is 0.508 e. The number of nitrogens with zero attached hydrogens (tertiary/aromatic N) is 2. The first-order chi connectivity index (χ1) is 35.6. The quantitative estimate of drug-likeness (QED) is 0.0351. The Morgan fingerprint density at radius 2 is 1.04 bits per heavy atom. The molecule has 1 radical (unpaired) electrons. The molecule has 1 saturated heterocycles. The Balaban J connectivity index is -0.00000120. The molecule has 1 saturated carbocycles. The number of phenolic OH excluding ortho intramolecular Hbond substituents is 2. The van der Waals surface area contributed by atoms with Gasteiger partial charge in [0.1, 0.15) is 30.8 Å². The number of aliphatic hydroxyl groups is 3. The molecule has 6 N–H and O–H groups in total. The van der Waals surface area contributed by atoms with Gasteiger partial charge in [-0.05, 0) is 98.3 Å². The second kappa shape index (κ2) is 40.0. The van der Waals surface area contributed by atoms with Gasteiger partial charge in [0.2, 0.25) is 0 Å². The molecular formula is C60H102CoN2O15. The molecule has 2 fully saturated rings. The summed E-state index contributed by atoms with van der Waals surface area (Å²) >= 11 is 0. The number of benzene rings is 2. The number of carboxylic acid groups (broad SMARTS) is 1. The van der Waals surface area contributed by atoms with E-state index in [0.717, 1.165) is 86.8 Å². The van der Waals surface area contributed by atoms with Crippen LogP contribution in [-0.4, -0.2) is 144 Å². The van der Waals surface area contributed by atoms with Crippen LogP contribution in [0.2, 0.25) is 0 Å². The Morgan fingerprint density at radius 3 is 1.32 bits per heavy atom. The van der Waals surface area contributed by atoms with Gasteiger partial charge in [-0.15, -0.1) is 0 Å². The molecule has 0 spiro atoms. The average Bonchev–Trinajstić information content (AvgIpc) is 4.11. The van der Waals surface area contributed by atoms with E-state index < -0.39 is 24.8 Å². The molecule has 6 atom stereocenters. The summed E-state index contributed by atoms with van der Waals surface area (Å²) in [5, 5.41) is 55.1. The molecule has 0 amide bonds. The van der Waals surface area contributed by atoms with Crippen LogP contribution in [0.25, 0.3) is 0 Å². The van der Waals surface area contributed by atoms with Crippen LogP contribution in [0.4, 0.5) is 4.79 Å². The summed E-state index contributed by atoms with van der Waals surface area (Å²) in [5.74, 6) is -0.553. The molecule has 1 heterocycles. The van der Waals surface area contributed by atoms with Crippen LogP contribution in [0.1, 0.15) is 209 Å². The maximum atomic E-state index is 11.2. The van der Waals surface area contributed by atoms with E-state index in [1.165, 1.54) is 18.1 Å². The fraction of sp³-hybridized carbons (Fsp3) is 0.717. The third kappa shape index (κ3) is 36.8. The Morgan fingerprint density at radius 1 is 0.692 bits per heavy atom. The first-order valence-corrected chi connectivity index (χ1v) is 27.2. The molecule has 18 heteroatoms. The van der Waals surface area contributed by atoms with Crippen molar-refractivity contribution in [3.8, 4) is 11.5 Å². The number of aliphatic carboxylic acids is 1. The van der Waals surface area contributed by atoms with Gasteiger partial charge in [-0.25, -0.2) is 9.59 Å². The Kier molecular flexibility index (Phi) is 40.0. The number of rotatable bonds is 18. The number of unbranched alkanes of at least 4 members (excludes halogenated alkanes) is 2. The number of hydrogen-bond donors (Lipinski definition) is 6. The molecule has 2 aromatic carbocycles. The number of carboxylic acids is 1.